The highest BCUT2D eigenvalue weighted by Gasteiger charge is 2.12. The Labute approximate surface area is 116 Å². The minimum Gasteiger partial charge on any atom is -0.334 e. The van der Waals surface area contributed by atoms with E-state index in [-0.39, 0.29) is 6.04 Å². The zero-order valence-corrected chi connectivity index (χ0v) is 11.1. The first-order chi connectivity index (χ1) is 9.72. The molecule has 0 fully saturated rings. The van der Waals surface area contributed by atoms with E-state index in [1.54, 1.807) is 10.9 Å². The van der Waals surface area contributed by atoms with Crippen LogP contribution in [0.25, 0.3) is 17.1 Å². The molecule has 20 heavy (non-hydrogen) atoms. The standard InChI is InChI=1S/C14H15N5O/c1-10(15)7-13-17-14(20-18-13)11-8-16-19(9-11)12-5-3-2-4-6-12/h2-6,8-10H,7,15H2,1H3. The van der Waals surface area contributed by atoms with E-state index >= 15 is 0 Å². The minimum atomic E-state index is 0.00694. The van der Waals surface area contributed by atoms with Gasteiger partial charge in [0.05, 0.1) is 17.4 Å². The van der Waals surface area contributed by atoms with E-state index < -0.39 is 0 Å². The van der Waals surface area contributed by atoms with E-state index in [0.717, 1.165) is 11.3 Å². The molecule has 6 heteroatoms. The molecule has 0 bridgehead atoms. The summed E-state index contributed by atoms with van der Waals surface area (Å²) in [4.78, 5) is 4.32. The SMILES string of the molecule is CC(N)Cc1noc(-c2cnn(-c3ccccc3)c2)n1. The third-order valence-corrected chi connectivity index (χ3v) is 2.82. The van der Waals surface area contributed by atoms with Gasteiger partial charge in [0.1, 0.15) is 0 Å². The second-order valence-corrected chi connectivity index (χ2v) is 4.71. The van der Waals surface area contributed by atoms with Gasteiger partial charge in [0.2, 0.25) is 0 Å². The first-order valence-electron chi connectivity index (χ1n) is 6.41. The molecule has 0 aliphatic heterocycles. The maximum Gasteiger partial charge on any atom is 0.261 e. The zero-order valence-electron chi connectivity index (χ0n) is 11.1. The highest BCUT2D eigenvalue weighted by atomic mass is 16.5. The molecular formula is C14H15N5O. The van der Waals surface area contributed by atoms with Crippen LogP contribution in [0.4, 0.5) is 0 Å². The molecule has 6 nitrogen and oxygen atoms in total. The van der Waals surface area contributed by atoms with Gasteiger partial charge in [0, 0.05) is 18.7 Å². The molecule has 0 saturated heterocycles. The van der Waals surface area contributed by atoms with Crippen molar-refractivity contribution in [2.45, 2.75) is 19.4 Å². The Morgan fingerprint density at radius 1 is 1.30 bits per heavy atom. The number of nitrogens with two attached hydrogens (primary N) is 1. The molecule has 2 N–H and O–H groups in total. The molecular weight excluding hydrogens is 254 g/mol. The lowest BCUT2D eigenvalue weighted by atomic mass is 10.2. The number of para-hydroxylation sites is 1. The lowest BCUT2D eigenvalue weighted by molar-refractivity contribution is 0.420. The van der Waals surface area contributed by atoms with Gasteiger partial charge in [-0.2, -0.15) is 10.1 Å². The Hall–Kier alpha value is -2.47. The summed E-state index contributed by atoms with van der Waals surface area (Å²) in [5.41, 5.74) is 7.48. The van der Waals surface area contributed by atoms with E-state index in [2.05, 4.69) is 15.2 Å². The molecule has 3 aromatic rings. The number of benzene rings is 1. The molecule has 2 heterocycles. The summed E-state index contributed by atoms with van der Waals surface area (Å²) in [5, 5.41) is 8.21. The van der Waals surface area contributed by atoms with Gasteiger partial charge < -0.3 is 10.3 Å². The van der Waals surface area contributed by atoms with Gasteiger partial charge in [-0.05, 0) is 19.1 Å². The lowest BCUT2D eigenvalue weighted by Crippen LogP contribution is -2.18. The van der Waals surface area contributed by atoms with Crippen LogP contribution in [0, 0.1) is 0 Å². The van der Waals surface area contributed by atoms with Crippen LogP contribution in [-0.2, 0) is 6.42 Å². The fourth-order valence-electron chi connectivity index (χ4n) is 1.90. The first-order valence-corrected chi connectivity index (χ1v) is 6.41. The van der Waals surface area contributed by atoms with Crippen molar-refractivity contribution in [1.82, 2.24) is 19.9 Å². The van der Waals surface area contributed by atoms with Crippen molar-refractivity contribution in [1.29, 1.82) is 0 Å². The Bertz CT molecular complexity index is 686. The van der Waals surface area contributed by atoms with E-state index in [9.17, 15) is 0 Å². The van der Waals surface area contributed by atoms with Gasteiger partial charge in [-0.15, -0.1) is 0 Å². The fourth-order valence-corrected chi connectivity index (χ4v) is 1.90. The Morgan fingerprint density at radius 3 is 2.85 bits per heavy atom. The maximum absolute atomic E-state index is 5.71. The quantitative estimate of drug-likeness (QED) is 0.781. The van der Waals surface area contributed by atoms with E-state index in [1.807, 2.05) is 43.5 Å². The Kier molecular flexibility index (Phi) is 3.30. The second-order valence-electron chi connectivity index (χ2n) is 4.71. The topological polar surface area (TPSA) is 82.8 Å². The molecule has 0 amide bonds. The molecule has 0 spiro atoms. The van der Waals surface area contributed by atoms with Crippen LogP contribution < -0.4 is 5.73 Å². The van der Waals surface area contributed by atoms with Crippen molar-refractivity contribution in [3.63, 3.8) is 0 Å². The van der Waals surface area contributed by atoms with Crippen LogP contribution in [0.15, 0.2) is 47.2 Å². The summed E-state index contributed by atoms with van der Waals surface area (Å²) in [7, 11) is 0. The van der Waals surface area contributed by atoms with Gasteiger partial charge >= 0.3 is 0 Å². The van der Waals surface area contributed by atoms with Crippen LogP contribution >= 0.6 is 0 Å². The number of aromatic nitrogens is 4. The largest absolute Gasteiger partial charge is 0.334 e. The summed E-state index contributed by atoms with van der Waals surface area (Å²) in [5.74, 6) is 1.07. The molecule has 2 aromatic heterocycles. The lowest BCUT2D eigenvalue weighted by Gasteiger charge is -1.98. The smallest absolute Gasteiger partial charge is 0.261 e. The normalized spacial score (nSPS) is 12.5. The van der Waals surface area contributed by atoms with Crippen molar-refractivity contribution in [2.75, 3.05) is 0 Å². The fraction of sp³-hybridized carbons (Fsp3) is 0.214. The predicted octanol–water partition coefficient (Wildman–Crippen LogP) is 1.81. The highest BCUT2D eigenvalue weighted by Crippen LogP contribution is 2.18. The minimum absolute atomic E-state index is 0.00694. The van der Waals surface area contributed by atoms with E-state index in [4.69, 9.17) is 10.3 Å². The monoisotopic (exact) mass is 269 g/mol. The van der Waals surface area contributed by atoms with Crippen LogP contribution in [0.2, 0.25) is 0 Å². The zero-order chi connectivity index (χ0) is 13.9. The van der Waals surface area contributed by atoms with Gasteiger partial charge in [-0.25, -0.2) is 4.68 Å². The predicted molar refractivity (Wildman–Crippen MR) is 74.2 cm³/mol. The van der Waals surface area contributed by atoms with Crippen molar-refractivity contribution in [3.05, 3.63) is 48.5 Å². The average Bonchev–Trinajstić information content (AvgIpc) is 3.07. The van der Waals surface area contributed by atoms with Crippen molar-refractivity contribution in [2.24, 2.45) is 5.73 Å². The molecule has 0 aliphatic carbocycles. The van der Waals surface area contributed by atoms with Crippen LogP contribution in [0.5, 0.6) is 0 Å². The molecule has 0 aliphatic rings. The Balaban J connectivity index is 1.85. The second kappa shape index (κ2) is 5.26. The third-order valence-electron chi connectivity index (χ3n) is 2.82. The summed E-state index contributed by atoms with van der Waals surface area (Å²) >= 11 is 0. The molecule has 3 rings (SSSR count). The molecule has 1 unspecified atom stereocenters. The first kappa shape index (κ1) is 12.6. The van der Waals surface area contributed by atoms with Crippen molar-refractivity contribution in [3.8, 4) is 17.1 Å². The molecule has 0 saturated carbocycles. The molecule has 1 atom stereocenters. The van der Waals surface area contributed by atoms with E-state index in [0.29, 0.717) is 18.1 Å². The van der Waals surface area contributed by atoms with Crippen LogP contribution in [0.1, 0.15) is 12.7 Å². The molecule has 102 valence electrons. The van der Waals surface area contributed by atoms with Gasteiger partial charge in [-0.1, -0.05) is 23.4 Å². The highest BCUT2D eigenvalue weighted by molar-refractivity contribution is 5.51. The summed E-state index contributed by atoms with van der Waals surface area (Å²) < 4.78 is 7.00. The van der Waals surface area contributed by atoms with Crippen LogP contribution in [0.3, 0.4) is 0 Å². The summed E-state index contributed by atoms with van der Waals surface area (Å²) in [6.07, 6.45) is 4.16. The number of hydrogen-bond acceptors (Lipinski definition) is 5. The van der Waals surface area contributed by atoms with Gasteiger partial charge in [0.25, 0.3) is 5.89 Å². The molecule has 0 radical (unpaired) electrons. The summed E-state index contributed by atoms with van der Waals surface area (Å²) in [6, 6.07) is 9.85. The van der Waals surface area contributed by atoms with Gasteiger partial charge in [-0.3, -0.25) is 0 Å². The number of hydrogen-bond donors (Lipinski definition) is 1. The van der Waals surface area contributed by atoms with Crippen molar-refractivity contribution >= 4 is 0 Å². The van der Waals surface area contributed by atoms with Crippen LogP contribution in [-0.4, -0.2) is 26.0 Å². The summed E-state index contributed by atoms with van der Waals surface area (Å²) in [6.45, 7) is 1.91. The van der Waals surface area contributed by atoms with E-state index in [1.165, 1.54) is 0 Å². The maximum atomic E-state index is 5.71. The third kappa shape index (κ3) is 2.60. The number of nitrogens with zero attached hydrogens (tertiary/aromatic N) is 4. The average molecular weight is 269 g/mol. The number of rotatable bonds is 4. The van der Waals surface area contributed by atoms with Gasteiger partial charge in [0.15, 0.2) is 5.82 Å². The Morgan fingerprint density at radius 2 is 2.10 bits per heavy atom. The van der Waals surface area contributed by atoms with Crippen molar-refractivity contribution < 1.29 is 4.52 Å². The molecule has 1 aromatic carbocycles.